The van der Waals surface area contributed by atoms with Crippen molar-refractivity contribution in [2.75, 3.05) is 37.5 Å². The first-order valence-corrected chi connectivity index (χ1v) is 8.81. The Bertz CT molecular complexity index is 702. The highest BCUT2D eigenvalue weighted by molar-refractivity contribution is 5.89. The largest absolute Gasteiger partial charge is 0.492 e. The number of ether oxygens (including phenoxy) is 1. The Morgan fingerprint density at radius 2 is 1.62 bits per heavy atom. The smallest absolute Gasteiger partial charge is 0.319 e. The van der Waals surface area contributed by atoms with Crippen molar-refractivity contribution < 1.29 is 9.53 Å². The summed E-state index contributed by atoms with van der Waals surface area (Å²) in [5.41, 5.74) is 3.24. The summed E-state index contributed by atoms with van der Waals surface area (Å²) in [6, 6.07) is 15.5. The molecule has 2 N–H and O–H groups in total. The fourth-order valence-electron chi connectivity index (χ4n) is 2.40. The van der Waals surface area contributed by atoms with Gasteiger partial charge in [0.1, 0.15) is 12.4 Å². The van der Waals surface area contributed by atoms with Crippen LogP contribution in [0.4, 0.5) is 16.2 Å². The number of amides is 2. The molecule has 2 rings (SSSR count). The molecule has 0 saturated heterocycles. The van der Waals surface area contributed by atoms with Crippen LogP contribution in [0, 0.1) is 0 Å². The third kappa shape index (κ3) is 5.99. The summed E-state index contributed by atoms with van der Waals surface area (Å²) >= 11 is 0. The van der Waals surface area contributed by atoms with Crippen LogP contribution in [0.25, 0.3) is 0 Å². The van der Waals surface area contributed by atoms with Crippen LogP contribution in [0.5, 0.6) is 5.75 Å². The van der Waals surface area contributed by atoms with Crippen LogP contribution in [0.15, 0.2) is 48.5 Å². The van der Waals surface area contributed by atoms with Crippen LogP contribution in [0.2, 0.25) is 0 Å². The predicted octanol–water partition coefficient (Wildman–Crippen LogP) is 4.25. The van der Waals surface area contributed by atoms with E-state index in [2.05, 4.69) is 43.5 Å². The van der Waals surface area contributed by atoms with Crippen LogP contribution in [-0.4, -0.2) is 33.3 Å². The van der Waals surface area contributed by atoms with E-state index in [-0.39, 0.29) is 11.4 Å². The number of benzene rings is 2. The molecule has 2 aromatic carbocycles. The number of carbonyl (C=O) groups excluding carboxylic acids is 1. The summed E-state index contributed by atoms with van der Waals surface area (Å²) in [5.74, 6) is 0.805. The summed E-state index contributed by atoms with van der Waals surface area (Å²) in [7, 11) is 3.96. The second-order valence-electron chi connectivity index (χ2n) is 7.45. The van der Waals surface area contributed by atoms with Gasteiger partial charge in [-0.15, -0.1) is 0 Å². The molecule has 0 fully saturated rings. The molecule has 0 aliphatic rings. The van der Waals surface area contributed by atoms with Gasteiger partial charge in [-0.25, -0.2) is 4.79 Å². The molecule has 5 nitrogen and oxygen atoms in total. The molecular weight excluding hydrogens is 326 g/mol. The Labute approximate surface area is 156 Å². The number of nitrogens with one attached hydrogen (secondary N) is 2. The molecule has 0 unspecified atom stereocenters. The van der Waals surface area contributed by atoms with Gasteiger partial charge < -0.3 is 20.3 Å². The summed E-state index contributed by atoms with van der Waals surface area (Å²) in [5, 5.41) is 5.60. The van der Waals surface area contributed by atoms with Gasteiger partial charge in [0.2, 0.25) is 0 Å². The maximum atomic E-state index is 11.9. The second kappa shape index (κ2) is 8.61. The molecule has 0 aliphatic carbocycles. The van der Waals surface area contributed by atoms with Crippen molar-refractivity contribution in [1.29, 1.82) is 0 Å². The van der Waals surface area contributed by atoms with Gasteiger partial charge in [0.15, 0.2) is 0 Å². The van der Waals surface area contributed by atoms with Gasteiger partial charge in [-0.05, 0) is 47.4 Å². The van der Waals surface area contributed by atoms with Gasteiger partial charge in [-0.1, -0.05) is 32.9 Å². The molecule has 0 atom stereocenters. The molecule has 140 valence electrons. The van der Waals surface area contributed by atoms with Crippen molar-refractivity contribution in [1.82, 2.24) is 5.32 Å². The van der Waals surface area contributed by atoms with Crippen LogP contribution < -0.4 is 20.3 Å². The Morgan fingerprint density at radius 3 is 2.15 bits per heavy atom. The molecule has 26 heavy (non-hydrogen) atoms. The van der Waals surface area contributed by atoms with Crippen molar-refractivity contribution in [3.8, 4) is 5.75 Å². The van der Waals surface area contributed by atoms with Crippen molar-refractivity contribution in [3.05, 3.63) is 54.1 Å². The highest BCUT2D eigenvalue weighted by Crippen LogP contribution is 2.24. The zero-order valence-corrected chi connectivity index (χ0v) is 16.3. The molecule has 5 heteroatoms. The average molecular weight is 355 g/mol. The average Bonchev–Trinajstić information content (AvgIpc) is 2.59. The predicted molar refractivity (Wildman–Crippen MR) is 108 cm³/mol. The zero-order chi connectivity index (χ0) is 19.2. The summed E-state index contributed by atoms with van der Waals surface area (Å²) < 4.78 is 5.67. The molecular formula is C21H29N3O2. The van der Waals surface area contributed by atoms with E-state index in [9.17, 15) is 4.79 Å². The first-order chi connectivity index (χ1) is 12.3. The van der Waals surface area contributed by atoms with E-state index in [0.29, 0.717) is 13.2 Å². The second-order valence-corrected chi connectivity index (χ2v) is 7.45. The van der Waals surface area contributed by atoms with E-state index in [1.165, 1.54) is 5.56 Å². The summed E-state index contributed by atoms with van der Waals surface area (Å²) in [6.45, 7) is 7.39. The zero-order valence-electron chi connectivity index (χ0n) is 16.3. The number of anilines is 2. The molecule has 0 aliphatic heterocycles. The third-order valence-electron chi connectivity index (χ3n) is 4.02. The minimum absolute atomic E-state index is 0.128. The minimum Gasteiger partial charge on any atom is -0.492 e. The van der Waals surface area contributed by atoms with Gasteiger partial charge in [0, 0.05) is 25.5 Å². The number of hydrogen-bond donors (Lipinski definition) is 2. The van der Waals surface area contributed by atoms with Gasteiger partial charge in [0.05, 0.1) is 6.54 Å². The van der Waals surface area contributed by atoms with E-state index in [4.69, 9.17) is 4.74 Å². The first kappa shape index (κ1) is 19.6. The highest BCUT2D eigenvalue weighted by Gasteiger charge is 2.12. The van der Waals surface area contributed by atoms with E-state index >= 15 is 0 Å². The van der Waals surface area contributed by atoms with Crippen molar-refractivity contribution >= 4 is 17.4 Å². The van der Waals surface area contributed by atoms with Gasteiger partial charge >= 0.3 is 6.03 Å². The molecule has 2 amide bonds. The van der Waals surface area contributed by atoms with Crippen molar-refractivity contribution in [2.24, 2.45) is 0 Å². The van der Waals surface area contributed by atoms with Gasteiger partial charge in [-0.3, -0.25) is 0 Å². The minimum atomic E-state index is -0.241. The fraction of sp³-hybridized carbons (Fsp3) is 0.381. The number of carbonyl (C=O) groups is 1. The molecule has 0 radical (unpaired) electrons. The van der Waals surface area contributed by atoms with Crippen molar-refractivity contribution in [3.63, 3.8) is 0 Å². The fourth-order valence-corrected chi connectivity index (χ4v) is 2.40. The standard InChI is InChI=1S/C21H29N3O2/c1-21(2,3)16-6-12-19(13-7-16)26-15-14-22-20(25)23-17-8-10-18(11-9-17)24(4)5/h6-13H,14-15H2,1-5H3,(H2,22,23,25). The van der Waals surface area contributed by atoms with Gasteiger partial charge in [-0.2, -0.15) is 0 Å². The van der Waals surface area contributed by atoms with E-state index in [1.807, 2.05) is 55.4 Å². The molecule has 0 aromatic heterocycles. The summed E-state index contributed by atoms with van der Waals surface area (Å²) in [4.78, 5) is 13.9. The number of rotatable bonds is 6. The quantitative estimate of drug-likeness (QED) is 0.762. The lowest BCUT2D eigenvalue weighted by Crippen LogP contribution is -2.32. The van der Waals surface area contributed by atoms with Crippen LogP contribution in [-0.2, 0) is 5.41 Å². The Hall–Kier alpha value is -2.69. The molecule has 0 heterocycles. The topological polar surface area (TPSA) is 53.6 Å². The van der Waals surface area contributed by atoms with Crippen LogP contribution in [0.3, 0.4) is 0 Å². The summed E-state index contributed by atoms with van der Waals surface area (Å²) in [6.07, 6.45) is 0. The SMILES string of the molecule is CN(C)c1ccc(NC(=O)NCCOc2ccc(C(C)(C)C)cc2)cc1. The lowest BCUT2D eigenvalue weighted by atomic mass is 9.87. The number of urea groups is 1. The lowest BCUT2D eigenvalue weighted by molar-refractivity contribution is 0.247. The van der Waals surface area contributed by atoms with Crippen molar-refractivity contribution in [2.45, 2.75) is 26.2 Å². The molecule has 0 spiro atoms. The Morgan fingerprint density at radius 1 is 1.00 bits per heavy atom. The third-order valence-corrected chi connectivity index (χ3v) is 4.02. The van der Waals surface area contributed by atoms with E-state index in [0.717, 1.165) is 17.1 Å². The monoisotopic (exact) mass is 355 g/mol. The lowest BCUT2D eigenvalue weighted by Gasteiger charge is -2.19. The maximum absolute atomic E-state index is 11.9. The first-order valence-electron chi connectivity index (χ1n) is 8.81. The van der Waals surface area contributed by atoms with Crippen LogP contribution >= 0.6 is 0 Å². The number of nitrogens with zero attached hydrogens (tertiary/aromatic N) is 1. The number of hydrogen-bond acceptors (Lipinski definition) is 3. The Balaban J connectivity index is 1.71. The molecule has 2 aromatic rings. The maximum Gasteiger partial charge on any atom is 0.319 e. The van der Waals surface area contributed by atoms with Crippen LogP contribution in [0.1, 0.15) is 26.3 Å². The van der Waals surface area contributed by atoms with E-state index in [1.54, 1.807) is 0 Å². The van der Waals surface area contributed by atoms with E-state index < -0.39 is 0 Å². The normalized spacial score (nSPS) is 11.0. The molecule has 0 bridgehead atoms. The van der Waals surface area contributed by atoms with Gasteiger partial charge in [0.25, 0.3) is 0 Å². The Kier molecular flexibility index (Phi) is 6.50. The molecule has 0 saturated carbocycles. The highest BCUT2D eigenvalue weighted by atomic mass is 16.5.